The van der Waals surface area contributed by atoms with Crippen LogP contribution in [0.4, 0.5) is 4.39 Å². The van der Waals surface area contributed by atoms with Crippen molar-refractivity contribution < 1.29 is 14.3 Å². The van der Waals surface area contributed by atoms with Crippen LogP contribution in [-0.2, 0) is 4.79 Å². The minimum atomic E-state index is -0.836. The Balaban J connectivity index is 2.23. The molecule has 0 amide bonds. The van der Waals surface area contributed by atoms with E-state index in [1.807, 2.05) is 0 Å². The van der Waals surface area contributed by atoms with Crippen molar-refractivity contribution in [3.05, 3.63) is 34.1 Å². The van der Waals surface area contributed by atoms with E-state index in [9.17, 15) is 9.18 Å². The Morgan fingerprint density at radius 2 is 2.29 bits per heavy atom. The lowest BCUT2D eigenvalue weighted by molar-refractivity contribution is -0.138. The second kappa shape index (κ2) is 3.35. The summed E-state index contributed by atoms with van der Waals surface area (Å²) in [5.41, 5.74) is 0.514. The molecule has 2 rings (SSSR count). The van der Waals surface area contributed by atoms with Crippen molar-refractivity contribution in [3.63, 3.8) is 0 Å². The Morgan fingerprint density at radius 3 is 2.79 bits per heavy atom. The number of hydrogen-bond donors (Lipinski definition) is 1. The second-order valence-corrected chi connectivity index (χ2v) is 4.37. The molecule has 0 bridgehead atoms. The minimum Gasteiger partial charge on any atom is -0.481 e. The van der Waals surface area contributed by atoms with Crippen LogP contribution >= 0.6 is 15.9 Å². The van der Waals surface area contributed by atoms with Crippen molar-refractivity contribution in [3.8, 4) is 0 Å². The highest BCUT2D eigenvalue weighted by Crippen LogP contribution is 2.48. The number of carboxylic acids is 1. The zero-order valence-corrected chi connectivity index (χ0v) is 8.79. The Kier molecular flexibility index (Phi) is 2.31. The molecule has 74 valence electrons. The predicted molar refractivity (Wildman–Crippen MR) is 52.6 cm³/mol. The van der Waals surface area contributed by atoms with Crippen LogP contribution in [-0.4, -0.2) is 11.1 Å². The first-order valence-corrected chi connectivity index (χ1v) is 5.06. The van der Waals surface area contributed by atoms with Gasteiger partial charge in [0.1, 0.15) is 5.82 Å². The van der Waals surface area contributed by atoms with Crippen LogP contribution in [0.1, 0.15) is 17.9 Å². The topological polar surface area (TPSA) is 37.3 Å². The van der Waals surface area contributed by atoms with E-state index in [2.05, 4.69) is 15.9 Å². The van der Waals surface area contributed by atoms with E-state index < -0.39 is 11.9 Å². The summed E-state index contributed by atoms with van der Waals surface area (Å²) in [6.45, 7) is 0. The zero-order chi connectivity index (χ0) is 10.3. The van der Waals surface area contributed by atoms with Gasteiger partial charge in [0.05, 0.1) is 5.92 Å². The van der Waals surface area contributed by atoms with Gasteiger partial charge in [-0.15, -0.1) is 0 Å². The van der Waals surface area contributed by atoms with Crippen molar-refractivity contribution in [1.29, 1.82) is 0 Å². The first-order valence-electron chi connectivity index (χ1n) is 4.27. The maximum Gasteiger partial charge on any atom is 0.307 e. The Bertz CT molecular complexity index is 392. The highest BCUT2D eigenvalue weighted by molar-refractivity contribution is 9.10. The van der Waals surface area contributed by atoms with Gasteiger partial charge in [0.25, 0.3) is 0 Å². The van der Waals surface area contributed by atoms with Gasteiger partial charge >= 0.3 is 5.97 Å². The van der Waals surface area contributed by atoms with Gasteiger partial charge in [-0.2, -0.15) is 0 Å². The summed E-state index contributed by atoms with van der Waals surface area (Å²) in [5.74, 6) is -1.70. The van der Waals surface area contributed by atoms with Crippen LogP contribution in [0.15, 0.2) is 22.7 Å². The Labute approximate surface area is 88.9 Å². The molecule has 0 radical (unpaired) electrons. The van der Waals surface area contributed by atoms with E-state index in [1.165, 1.54) is 6.07 Å². The summed E-state index contributed by atoms with van der Waals surface area (Å²) < 4.78 is 14.0. The minimum absolute atomic E-state index is 0.138. The number of hydrogen-bond acceptors (Lipinski definition) is 1. The zero-order valence-electron chi connectivity index (χ0n) is 7.21. The molecule has 2 nitrogen and oxygen atoms in total. The molecule has 0 spiro atoms. The Morgan fingerprint density at radius 1 is 1.57 bits per heavy atom. The third-order valence-corrected chi connectivity index (χ3v) is 2.96. The van der Waals surface area contributed by atoms with Gasteiger partial charge in [0, 0.05) is 10.4 Å². The van der Waals surface area contributed by atoms with Crippen molar-refractivity contribution >= 4 is 21.9 Å². The molecule has 0 aliphatic heterocycles. The summed E-state index contributed by atoms with van der Waals surface area (Å²) in [7, 11) is 0. The molecule has 1 fully saturated rings. The molecule has 1 N–H and O–H groups in total. The largest absolute Gasteiger partial charge is 0.481 e. The van der Waals surface area contributed by atoms with Crippen LogP contribution in [0.3, 0.4) is 0 Å². The fourth-order valence-electron chi connectivity index (χ4n) is 1.61. The molecule has 2 atom stereocenters. The van der Waals surface area contributed by atoms with E-state index in [0.29, 0.717) is 16.5 Å². The summed E-state index contributed by atoms with van der Waals surface area (Å²) >= 11 is 3.15. The van der Waals surface area contributed by atoms with Crippen molar-refractivity contribution in [2.75, 3.05) is 0 Å². The molecule has 4 heteroatoms. The van der Waals surface area contributed by atoms with Crippen molar-refractivity contribution in [1.82, 2.24) is 0 Å². The number of benzene rings is 1. The molecule has 1 aromatic carbocycles. The number of aliphatic carboxylic acids is 1. The van der Waals surface area contributed by atoms with Gasteiger partial charge < -0.3 is 5.11 Å². The lowest BCUT2D eigenvalue weighted by Gasteiger charge is -2.01. The third-order valence-electron chi connectivity index (χ3n) is 2.47. The van der Waals surface area contributed by atoms with E-state index in [1.54, 1.807) is 12.1 Å². The molecular weight excluding hydrogens is 251 g/mol. The monoisotopic (exact) mass is 258 g/mol. The van der Waals surface area contributed by atoms with E-state index in [-0.39, 0.29) is 11.7 Å². The smallest absolute Gasteiger partial charge is 0.307 e. The van der Waals surface area contributed by atoms with E-state index >= 15 is 0 Å². The molecule has 0 unspecified atom stereocenters. The molecule has 1 aromatic rings. The fourth-order valence-corrected chi connectivity index (χ4v) is 1.95. The molecule has 14 heavy (non-hydrogen) atoms. The summed E-state index contributed by atoms with van der Waals surface area (Å²) in [6.07, 6.45) is 0.549. The fraction of sp³-hybridized carbons (Fsp3) is 0.300. The average molecular weight is 259 g/mol. The number of rotatable bonds is 2. The van der Waals surface area contributed by atoms with Gasteiger partial charge in [-0.25, -0.2) is 4.39 Å². The Hall–Kier alpha value is -0.900. The summed E-state index contributed by atoms with van der Waals surface area (Å²) in [5, 5.41) is 8.70. The standard InChI is InChI=1S/C10H8BrFO2/c11-5-1-2-6(9(12)3-5)7-4-8(7)10(13)14/h1-3,7-8H,4H2,(H,13,14)/t7-,8+/m0/s1. The van der Waals surface area contributed by atoms with Crippen LogP contribution in [0.25, 0.3) is 0 Å². The summed E-state index contributed by atoms with van der Waals surface area (Å²) in [6, 6.07) is 4.75. The quantitative estimate of drug-likeness (QED) is 0.886. The number of carbonyl (C=O) groups is 1. The second-order valence-electron chi connectivity index (χ2n) is 3.45. The first-order chi connectivity index (χ1) is 6.59. The number of carboxylic acid groups (broad SMARTS) is 1. The van der Waals surface area contributed by atoms with Crippen LogP contribution in [0.5, 0.6) is 0 Å². The molecular formula is C10H8BrFO2. The van der Waals surface area contributed by atoms with Crippen LogP contribution in [0.2, 0.25) is 0 Å². The average Bonchev–Trinajstić information content (AvgIpc) is 2.83. The predicted octanol–water partition coefficient (Wildman–Crippen LogP) is 2.78. The van der Waals surface area contributed by atoms with E-state index in [4.69, 9.17) is 5.11 Å². The molecule has 0 saturated heterocycles. The van der Waals surface area contributed by atoms with Crippen molar-refractivity contribution in [2.24, 2.45) is 5.92 Å². The molecule has 1 aliphatic carbocycles. The maximum atomic E-state index is 13.4. The third kappa shape index (κ3) is 1.66. The maximum absolute atomic E-state index is 13.4. The van der Waals surface area contributed by atoms with Gasteiger partial charge in [-0.05, 0) is 24.1 Å². The molecule has 0 heterocycles. The van der Waals surface area contributed by atoms with Gasteiger partial charge in [-0.3, -0.25) is 4.79 Å². The molecule has 1 saturated carbocycles. The highest BCUT2D eigenvalue weighted by Gasteiger charge is 2.45. The molecule has 0 aromatic heterocycles. The van der Waals surface area contributed by atoms with Gasteiger partial charge in [0.15, 0.2) is 0 Å². The lowest BCUT2D eigenvalue weighted by Crippen LogP contribution is -1.99. The molecule has 1 aliphatic rings. The SMILES string of the molecule is O=C(O)[C@@H]1C[C@H]1c1ccc(Br)cc1F. The normalized spacial score (nSPS) is 24.7. The highest BCUT2D eigenvalue weighted by atomic mass is 79.9. The van der Waals surface area contributed by atoms with Gasteiger partial charge in [-0.1, -0.05) is 22.0 Å². The van der Waals surface area contributed by atoms with Gasteiger partial charge in [0.2, 0.25) is 0 Å². The van der Waals surface area contributed by atoms with Crippen molar-refractivity contribution in [2.45, 2.75) is 12.3 Å². The first kappa shape index (κ1) is 9.65. The van der Waals surface area contributed by atoms with Crippen LogP contribution < -0.4 is 0 Å². The van der Waals surface area contributed by atoms with E-state index in [0.717, 1.165) is 0 Å². The number of halogens is 2. The van der Waals surface area contributed by atoms with Crippen LogP contribution in [0, 0.1) is 11.7 Å². The summed E-state index contributed by atoms with van der Waals surface area (Å²) in [4.78, 5) is 10.6. The lowest BCUT2D eigenvalue weighted by atomic mass is 10.1.